The summed E-state index contributed by atoms with van der Waals surface area (Å²) in [5.74, 6) is 0.00350. The number of furan rings is 1. The molecule has 2 N–H and O–H groups in total. The SMILES string of the molecule is CNCc1cc(S(=O)(=O)Nc2ccc(F)c(Br)c2)c(Br)o1. The number of benzene rings is 1. The monoisotopic (exact) mass is 440 g/mol. The highest BCUT2D eigenvalue weighted by atomic mass is 79.9. The molecule has 1 aromatic heterocycles. The predicted molar refractivity (Wildman–Crippen MR) is 84.1 cm³/mol. The molecule has 0 aliphatic heterocycles. The van der Waals surface area contributed by atoms with Gasteiger partial charge in [0.15, 0.2) is 4.67 Å². The topological polar surface area (TPSA) is 71.3 Å². The summed E-state index contributed by atoms with van der Waals surface area (Å²) in [7, 11) is -2.11. The largest absolute Gasteiger partial charge is 0.451 e. The number of rotatable bonds is 5. The molecule has 0 saturated carbocycles. The maximum atomic E-state index is 13.2. The summed E-state index contributed by atoms with van der Waals surface area (Å²) in [5.41, 5.74) is 0.242. The Kier molecular flexibility index (Phi) is 5.07. The summed E-state index contributed by atoms with van der Waals surface area (Å²) in [6, 6.07) is 5.26. The lowest BCUT2D eigenvalue weighted by Crippen LogP contribution is -2.13. The van der Waals surface area contributed by atoms with Crippen LogP contribution in [-0.2, 0) is 16.6 Å². The Morgan fingerprint density at radius 1 is 1.29 bits per heavy atom. The molecular formula is C12H11Br2FN2O3S. The molecule has 0 aliphatic carbocycles. The summed E-state index contributed by atoms with van der Waals surface area (Å²) in [6.45, 7) is 0.399. The summed E-state index contributed by atoms with van der Waals surface area (Å²) in [6.07, 6.45) is 0. The first kappa shape index (κ1) is 16.5. The zero-order valence-electron chi connectivity index (χ0n) is 10.8. The van der Waals surface area contributed by atoms with Crippen molar-refractivity contribution in [3.05, 3.63) is 45.0 Å². The van der Waals surface area contributed by atoms with Crippen molar-refractivity contribution in [3.8, 4) is 0 Å². The van der Waals surface area contributed by atoms with E-state index in [-0.39, 0.29) is 19.7 Å². The van der Waals surface area contributed by atoms with Crippen molar-refractivity contribution in [1.29, 1.82) is 0 Å². The van der Waals surface area contributed by atoms with E-state index in [1.165, 1.54) is 24.3 Å². The molecule has 0 amide bonds. The van der Waals surface area contributed by atoms with Gasteiger partial charge in [-0.25, -0.2) is 12.8 Å². The zero-order chi connectivity index (χ0) is 15.6. The smallest absolute Gasteiger partial charge is 0.266 e. The fraction of sp³-hybridized carbons (Fsp3) is 0.167. The fourth-order valence-corrected chi connectivity index (χ4v) is 4.04. The van der Waals surface area contributed by atoms with Gasteiger partial charge < -0.3 is 9.73 Å². The molecule has 0 radical (unpaired) electrons. The molecule has 0 fully saturated rings. The van der Waals surface area contributed by atoms with Gasteiger partial charge in [-0.2, -0.15) is 0 Å². The highest BCUT2D eigenvalue weighted by Gasteiger charge is 2.22. The van der Waals surface area contributed by atoms with Gasteiger partial charge in [-0.1, -0.05) is 0 Å². The Morgan fingerprint density at radius 2 is 2.00 bits per heavy atom. The number of halogens is 3. The molecule has 1 heterocycles. The molecule has 1 aromatic carbocycles. The number of sulfonamides is 1. The molecule has 0 bridgehead atoms. The van der Waals surface area contributed by atoms with Gasteiger partial charge in [-0.05, 0) is 57.1 Å². The van der Waals surface area contributed by atoms with Crippen molar-refractivity contribution in [2.45, 2.75) is 11.4 Å². The van der Waals surface area contributed by atoms with E-state index in [1.54, 1.807) is 7.05 Å². The normalized spacial score (nSPS) is 11.6. The summed E-state index contributed by atoms with van der Waals surface area (Å²) >= 11 is 6.08. The van der Waals surface area contributed by atoms with Gasteiger partial charge in [0.1, 0.15) is 16.5 Å². The maximum Gasteiger partial charge on any atom is 0.266 e. The molecule has 9 heteroatoms. The first-order valence-electron chi connectivity index (χ1n) is 5.74. The van der Waals surface area contributed by atoms with Crippen LogP contribution in [0.4, 0.5) is 10.1 Å². The Balaban J connectivity index is 2.31. The van der Waals surface area contributed by atoms with Gasteiger partial charge >= 0.3 is 0 Å². The van der Waals surface area contributed by atoms with E-state index in [9.17, 15) is 12.8 Å². The van der Waals surface area contributed by atoms with Crippen LogP contribution in [0.5, 0.6) is 0 Å². The van der Waals surface area contributed by atoms with Gasteiger partial charge in [-0.15, -0.1) is 0 Å². The third-order valence-electron chi connectivity index (χ3n) is 2.52. The molecular weight excluding hydrogens is 431 g/mol. The highest BCUT2D eigenvalue weighted by molar-refractivity contribution is 9.10. The van der Waals surface area contributed by atoms with Gasteiger partial charge in [0, 0.05) is 6.07 Å². The summed E-state index contributed by atoms with van der Waals surface area (Å²) < 4.78 is 45.7. The third kappa shape index (κ3) is 3.85. The first-order valence-corrected chi connectivity index (χ1v) is 8.81. The Bertz CT molecular complexity index is 762. The van der Waals surface area contributed by atoms with Crippen LogP contribution in [0, 0.1) is 5.82 Å². The van der Waals surface area contributed by atoms with Crippen LogP contribution < -0.4 is 10.0 Å². The van der Waals surface area contributed by atoms with Crippen molar-refractivity contribution in [2.24, 2.45) is 0 Å². The van der Waals surface area contributed by atoms with Gasteiger partial charge in [-0.3, -0.25) is 4.72 Å². The number of hydrogen-bond donors (Lipinski definition) is 2. The van der Waals surface area contributed by atoms with Crippen LogP contribution in [0.25, 0.3) is 0 Å². The minimum atomic E-state index is -3.83. The number of hydrogen-bond acceptors (Lipinski definition) is 4. The maximum absolute atomic E-state index is 13.2. The quantitative estimate of drug-likeness (QED) is 0.745. The molecule has 0 spiro atoms. The van der Waals surface area contributed by atoms with Gasteiger partial charge in [0.2, 0.25) is 0 Å². The molecule has 0 aliphatic rings. The molecule has 2 aromatic rings. The average molecular weight is 442 g/mol. The van der Waals surface area contributed by atoms with Crippen LogP contribution in [0.2, 0.25) is 0 Å². The number of nitrogens with one attached hydrogen (secondary N) is 2. The van der Waals surface area contributed by atoms with E-state index >= 15 is 0 Å². The molecule has 0 unspecified atom stereocenters. The van der Waals surface area contributed by atoms with E-state index in [2.05, 4.69) is 41.9 Å². The standard InChI is InChI=1S/C12H11Br2FN2O3S/c1-16-6-8-5-11(12(14)20-8)21(18,19)17-7-2-3-10(15)9(13)4-7/h2-5,16-17H,6H2,1H3. The van der Waals surface area contributed by atoms with Crippen LogP contribution in [-0.4, -0.2) is 15.5 Å². The Morgan fingerprint density at radius 3 is 2.62 bits per heavy atom. The molecule has 2 rings (SSSR count). The van der Waals surface area contributed by atoms with Gasteiger partial charge in [0.05, 0.1) is 16.7 Å². The first-order chi connectivity index (χ1) is 9.83. The highest BCUT2D eigenvalue weighted by Crippen LogP contribution is 2.29. The van der Waals surface area contributed by atoms with Crippen LogP contribution in [0.15, 0.2) is 42.7 Å². The number of anilines is 1. The lowest BCUT2D eigenvalue weighted by Gasteiger charge is -2.07. The van der Waals surface area contributed by atoms with E-state index in [0.717, 1.165) is 0 Å². The minimum Gasteiger partial charge on any atom is -0.451 e. The zero-order valence-corrected chi connectivity index (χ0v) is 14.8. The van der Waals surface area contributed by atoms with Crippen LogP contribution >= 0.6 is 31.9 Å². The van der Waals surface area contributed by atoms with Crippen molar-refractivity contribution in [3.63, 3.8) is 0 Å². The van der Waals surface area contributed by atoms with Crippen molar-refractivity contribution in [1.82, 2.24) is 5.32 Å². The van der Waals surface area contributed by atoms with Crippen molar-refractivity contribution < 1.29 is 17.2 Å². The summed E-state index contributed by atoms with van der Waals surface area (Å²) in [4.78, 5) is -0.0202. The van der Waals surface area contributed by atoms with E-state index in [1.807, 2.05) is 0 Å². The van der Waals surface area contributed by atoms with Crippen molar-refractivity contribution >= 4 is 47.6 Å². The molecule has 0 atom stereocenters. The minimum absolute atomic E-state index is 0.0202. The third-order valence-corrected chi connectivity index (χ3v) is 5.36. The summed E-state index contributed by atoms with van der Waals surface area (Å²) in [5, 5.41) is 2.86. The Hall–Kier alpha value is -0.900. The Labute approximate surface area is 138 Å². The lowest BCUT2D eigenvalue weighted by molar-refractivity contribution is 0.470. The molecule has 0 saturated heterocycles. The fourth-order valence-electron chi connectivity index (χ4n) is 1.61. The van der Waals surface area contributed by atoms with Crippen LogP contribution in [0.1, 0.15) is 5.76 Å². The second-order valence-corrected chi connectivity index (χ2v) is 7.34. The van der Waals surface area contributed by atoms with Gasteiger partial charge in [0.25, 0.3) is 10.0 Å². The second-order valence-electron chi connectivity index (χ2n) is 4.12. The average Bonchev–Trinajstić information content (AvgIpc) is 2.76. The second kappa shape index (κ2) is 6.47. The molecule has 5 nitrogen and oxygen atoms in total. The van der Waals surface area contributed by atoms with Crippen molar-refractivity contribution in [2.75, 3.05) is 11.8 Å². The van der Waals surface area contributed by atoms with Crippen LogP contribution in [0.3, 0.4) is 0 Å². The predicted octanol–water partition coefficient (Wildman–Crippen LogP) is 3.46. The lowest BCUT2D eigenvalue weighted by atomic mass is 10.3. The molecule has 114 valence electrons. The van der Waals surface area contributed by atoms with E-state index in [0.29, 0.717) is 12.3 Å². The van der Waals surface area contributed by atoms with E-state index < -0.39 is 15.8 Å². The van der Waals surface area contributed by atoms with E-state index in [4.69, 9.17) is 4.42 Å². The molecule has 21 heavy (non-hydrogen) atoms.